The molecule has 32 heavy (non-hydrogen) atoms. The van der Waals surface area contributed by atoms with Gasteiger partial charge in [0.1, 0.15) is 0 Å². The number of carbonyl (C=O) groups is 2. The Labute approximate surface area is 191 Å². The number of hydrogen-bond donors (Lipinski definition) is 2. The first-order valence-corrected chi connectivity index (χ1v) is 12.2. The summed E-state index contributed by atoms with van der Waals surface area (Å²) in [5.41, 5.74) is 0.262. The summed E-state index contributed by atoms with van der Waals surface area (Å²) in [6.45, 7) is 6.47. The van der Waals surface area contributed by atoms with Crippen molar-refractivity contribution in [2.75, 3.05) is 46.8 Å². The second-order valence-corrected chi connectivity index (χ2v) is 11.0. The van der Waals surface area contributed by atoms with Gasteiger partial charge in [0.05, 0.1) is 11.4 Å². The molecular weight excluding hydrogens is 428 g/mol. The van der Waals surface area contributed by atoms with E-state index in [-0.39, 0.29) is 34.6 Å². The summed E-state index contributed by atoms with van der Waals surface area (Å²) < 4.78 is 26.8. The molecule has 0 atom stereocenters. The Balaban J connectivity index is 1.93. The molecule has 176 valence electrons. The van der Waals surface area contributed by atoms with Gasteiger partial charge in [0, 0.05) is 37.7 Å². The molecule has 2 N–H and O–H groups in total. The molecule has 0 aromatic heterocycles. The number of piperidine rings is 1. The van der Waals surface area contributed by atoms with Gasteiger partial charge in [0.15, 0.2) is 0 Å². The predicted octanol–water partition coefficient (Wildman–Crippen LogP) is 1.15. The van der Waals surface area contributed by atoms with Crippen LogP contribution in [0.2, 0.25) is 0 Å². The molecule has 2 rings (SSSR count). The van der Waals surface area contributed by atoms with Crippen LogP contribution in [0.1, 0.15) is 37.0 Å². The van der Waals surface area contributed by atoms with E-state index >= 15 is 0 Å². The lowest BCUT2D eigenvalue weighted by molar-refractivity contribution is -0.126. The Morgan fingerprint density at radius 1 is 1.25 bits per heavy atom. The molecule has 0 bridgehead atoms. The molecule has 1 fully saturated rings. The fourth-order valence-corrected chi connectivity index (χ4v) is 4.91. The van der Waals surface area contributed by atoms with Crippen molar-refractivity contribution in [3.63, 3.8) is 0 Å². The quantitative estimate of drug-likeness (QED) is 0.537. The van der Waals surface area contributed by atoms with E-state index in [4.69, 9.17) is 6.42 Å². The van der Waals surface area contributed by atoms with Crippen LogP contribution >= 0.6 is 0 Å². The van der Waals surface area contributed by atoms with Gasteiger partial charge in [-0.1, -0.05) is 25.8 Å². The van der Waals surface area contributed by atoms with E-state index in [2.05, 4.69) is 34.7 Å². The summed E-state index contributed by atoms with van der Waals surface area (Å²) in [4.78, 5) is 29.3. The van der Waals surface area contributed by atoms with Gasteiger partial charge in [0.2, 0.25) is 15.9 Å². The first kappa shape index (κ1) is 25.8. The van der Waals surface area contributed by atoms with E-state index in [1.807, 2.05) is 14.1 Å². The number of rotatable bonds is 9. The Kier molecular flexibility index (Phi) is 8.84. The number of terminal acetylenes is 1. The van der Waals surface area contributed by atoms with Crippen LogP contribution in [0, 0.1) is 23.7 Å². The normalized spacial score (nSPS) is 15.4. The standard InChI is InChI=1S/C23H34N4O4S/c1-6-12-25-32(30,31)20-9-7-8-19(15-20)22(29)27-13-10-18(11-14-27)21(28)24-16-23(2,3)17-26(4)5/h1,7-9,15,18,25H,10-14,16-17H2,2-5H3,(H,24,28). The summed E-state index contributed by atoms with van der Waals surface area (Å²) >= 11 is 0. The summed E-state index contributed by atoms with van der Waals surface area (Å²) in [6, 6.07) is 5.90. The highest BCUT2D eigenvalue weighted by molar-refractivity contribution is 7.89. The zero-order valence-corrected chi connectivity index (χ0v) is 20.2. The van der Waals surface area contributed by atoms with Gasteiger partial charge >= 0.3 is 0 Å². The third kappa shape index (κ3) is 7.33. The van der Waals surface area contributed by atoms with Gasteiger partial charge in [-0.15, -0.1) is 6.42 Å². The van der Waals surface area contributed by atoms with E-state index in [9.17, 15) is 18.0 Å². The molecule has 1 aliphatic rings. The summed E-state index contributed by atoms with van der Waals surface area (Å²) in [5.74, 6) is 1.87. The minimum absolute atomic E-state index is 0.00629. The van der Waals surface area contributed by atoms with Crippen molar-refractivity contribution in [2.24, 2.45) is 11.3 Å². The highest BCUT2D eigenvalue weighted by Gasteiger charge is 2.29. The molecule has 2 amide bonds. The first-order valence-electron chi connectivity index (χ1n) is 10.7. The van der Waals surface area contributed by atoms with Gasteiger partial charge in [-0.2, -0.15) is 4.72 Å². The molecular formula is C23H34N4O4S. The maximum absolute atomic E-state index is 12.9. The lowest BCUT2D eigenvalue weighted by Gasteiger charge is -2.33. The van der Waals surface area contributed by atoms with Crippen LogP contribution in [-0.4, -0.2) is 76.9 Å². The van der Waals surface area contributed by atoms with E-state index in [1.54, 1.807) is 11.0 Å². The van der Waals surface area contributed by atoms with Crippen LogP contribution in [0.4, 0.5) is 0 Å². The molecule has 0 radical (unpaired) electrons. The first-order chi connectivity index (χ1) is 14.9. The SMILES string of the molecule is C#CCNS(=O)(=O)c1cccc(C(=O)N2CCC(C(=O)NCC(C)(C)CN(C)C)CC2)c1. The van der Waals surface area contributed by atoms with Crippen LogP contribution in [-0.2, 0) is 14.8 Å². The number of carbonyl (C=O) groups excluding carboxylic acids is 2. The number of hydrogen-bond acceptors (Lipinski definition) is 5. The smallest absolute Gasteiger partial charge is 0.253 e. The maximum atomic E-state index is 12.9. The van der Waals surface area contributed by atoms with Crippen molar-refractivity contribution in [2.45, 2.75) is 31.6 Å². The van der Waals surface area contributed by atoms with Crippen molar-refractivity contribution in [3.05, 3.63) is 29.8 Å². The lowest BCUT2D eigenvalue weighted by atomic mass is 9.91. The summed E-state index contributed by atoms with van der Waals surface area (Å²) in [6.07, 6.45) is 6.27. The van der Waals surface area contributed by atoms with Gasteiger partial charge in [-0.05, 0) is 50.6 Å². The van der Waals surface area contributed by atoms with Crippen molar-refractivity contribution in [1.82, 2.24) is 19.8 Å². The molecule has 1 saturated heterocycles. The third-order valence-electron chi connectivity index (χ3n) is 5.39. The predicted molar refractivity (Wildman–Crippen MR) is 124 cm³/mol. The molecule has 1 aromatic rings. The van der Waals surface area contributed by atoms with Crippen LogP contribution in [0.3, 0.4) is 0 Å². The third-order valence-corrected chi connectivity index (χ3v) is 6.79. The molecule has 1 heterocycles. The summed E-state index contributed by atoms with van der Waals surface area (Å²) in [5, 5.41) is 3.06. The Morgan fingerprint density at radius 3 is 2.50 bits per heavy atom. The number of nitrogens with one attached hydrogen (secondary N) is 2. The van der Waals surface area contributed by atoms with Crippen LogP contribution in [0.25, 0.3) is 0 Å². The zero-order chi connectivity index (χ0) is 23.9. The zero-order valence-electron chi connectivity index (χ0n) is 19.3. The molecule has 0 aliphatic carbocycles. The highest BCUT2D eigenvalue weighted by Crippen LogP contribution is 2.21. The van der Waals surface area contributed by atoms with Gasteiger partial charge < -0.3 is 15.1 Å². The fraction of sp³-hybridized carbons (Fsp3) is 0.565. The van der Waals surface area contributed by atoms with Crippen LogP contribution in [0.5, 0.6) is 0 Å². The molecule has 1 aliphatic heterocycles. The van der Waals surface area contributed by atoms with E-state index in [1.165, 1.54) is 18.2 Å². The fourth-order valence-electron chi connectivity index (χ4n) is 3.93. The monoisotopic (exact) mass is 462 g/mol. The Morgan fingerprint density at radius 2 is 1.91 bits per heavy atom. The Bertz CT molecular complexity index is 958. The van der Waals surface area contributed by atoms with Gasteiger partial charge in [-0.3, -0.25) is 9.59 Å². The highest BCUT2D eigenvalue weighted by atomic mass is 32.2. The van der Waals surface area contributed by atoms with Crippen molar-refractivity contribution < 1.29 is 18.0 Å². The van der Waals surface area contributed by atoms with E-state index in [0.717, 1.165) is 6.54 Å². The molecule has 9 heteroatoms. The van der Waals surface area contributed by atoms with Gasteiger partial charge in [-0.25, -0.2) is 8.42 Å². The lowest BCUT2D eigenvalue weighted by Crippen LogP contribution is -2.46. The average Bonchev–Trinajstić information content (AvgIpc) is 2.75. The number of likely N-dealkylation sites (tertiary alicyclic amines) is 1. The second kappa shape index (κ2) is 10.9. The minimum Gasteiger partial charge on any atom is -0.355 e. The largest absolute Gasteiger partial charge is 0.355 e. The van der Waals surface area contributed by atoms with E-state index in [0.29, 0.717) is 38.0 Å². The summed E-state index contributed by atoms with van der Waals surface area (Å²) in [7, 11) is 0.244. The van der Waals surface area contributed by atoms with Crippen LogP contribution in [0.15, 0.2) is 29.2 Å². The molecule has 1 aromatic carbocycles. The maximum Gasteiger partial charge on any atom is 0.253 e. The minimum atomic E-state index is -3.77. The van der Waals surface area contributed by atoms with Crippen molar-refractivity contribution >= 4 is 21.8 Å². The molecule has 0 saturated carbocycles. The molecule has 0 spiro atoms. The van der Waals surface area contributed by atoms with Gasteiger partial charge in [0.25, 0.3) is 5.91 Å². The number of sulfonamides is 1. The van der Waals surface area contributed by atoms with Crippen molar-refractivity contribution in [1.29, 1.82) is 0 Å². The topological polar surface area (TPSA) is 98.8 Å². The number of amides is 2. The molecule has 8 nitrogen and oxygen atoms in total. The number of benzene rings is 1. The second-order valence-electron chi connectivity index (χ2n) is 9.24. The van der Waals surface area contributed by atoms with E-state index < -0.39 is 10.0 Å². The van der Waals surface area contributed by atoms with Crippen molar-refractivity contribution in [3.8, 4) is 12.3 Å². The number of nitrogens with zero attached hydrogens (tertiary/aromatic N) is 2. The average molecular weight is 463 g/mol. The molecule has 0 unspecified atom stereocenters. The Hall–Kier alpha value is -2.41. The van der Waals surface area contributed by atoms with Crippen LogP contribution < -0.4 is 10.0 Å².